The number of para-hydroxylation sites is 2. The third kappa shape index (κ3) is 4.71. The Morgan fingerprint density at radius 2 is 1.79 bits per heavy atom. The van der Waals surface area contributed by atoms with Crippen molar-refractivity contribution in [3.63, 3.8) is 0 Å². The molecule has 3 aromatic rings. The van der Waals surface area contributed by atoms with Crippen LogP contribution in [0.5, 0.6) is 5.75 Å². The molecule has 1 atom stereocenters. The predicted molar refractivity (Wildman–Crippen MR) is 105 cm³/mol. The zero-order valence-corrected chi connectivity index (χ0v) is 15.9. The summed E-state index contributed by atoms with van der Waals surface area (Å²) in [4.78, 5) is 24.4. The van der Waals surface area contributed by atoms with Crippen LogP contribution in [0.3, 0.4) is 0 Å². The van der Waals surface area contributed by atoms with E-state index < -0.39 is 5.97 Å². The maximum atomic E-state index is 12.6. The van der Waals surface area contributed by atoms with Crippen LogP contribution < -0.4 is 10.1 Å². The van der Waals surface area contributed by atoms with Gasteiger partial charge in [-0.05, 0) is 31.5 Å². The van der Waals surface area contributed by atoms with E-state index in [9.17, 15) is 9.59 Å². The number of rotatable bonds is 8. The van der Waals surface area contributed by atoms with Gasteiger partial charge < -0.3 is 19.2 Å². The molecule has 3 rings (SSSR count). The molecule has 0 saturated carbocycles. The summed E-state index contributed by atoms with van der Waals surface area (Å²) in [6.45, 7) is 3.63. The molecule has 0 spiro atoms. The predicted octanol–water partition coefficient (Wildman–Crippen LogP) is 4.08. The standard InChI is InChI=1S/C22H23NO5/c1-3-15(2)23-20(24)14-27-22(25)21-18(13-26-16-9-5-4-6-10-16)17-11-7-8-12-19(17)28-21/h4-12,15H,3,13-14H2,1-2H3,(H,23,24). The van der Waals surface area contributed by atoms with E-state index in [1.807, 2.05) is 62.4 Å². The van der Waals surface area contributed by atoms with Gasteiger partial charge in [0.15, 0.2) is 6.61 Å². The highest BCUT2D eigenvalue weighted by Gasteiger charge is 2.23. The molecule has 6 heteroatoms. The van der Waals surface area contributed by atoms with Crippen LogP contribution in [-0.4, -0.2) is 24.5 Å². The maximum absolute atomic E-state index is 12.6. The number of ether oxygens (including phenoxy) is 2. The quantitative estimate of drug-likeness (QED) is 0.595. The molecule has 6 nitrogen and oxygen atoms in total. The third-order valence-corrected chi connectivity index (χ3v) is 4.36. The summed E-state index contributed by atoms with van der Waals surface area (Å²) in [5.74, 6) is -0.309. The highest BCUT2D eigenvalue weighted by atomic mass is 16.5. The zero-order chi connectivity index (χ0) is 19.9. The zero-order valence-electron chi connectivity index (χ0n) is 15.9. The first-order valence-corrected chi connectivity index (χ1v) is 9.23. The Bertz CT molecular complexity index is 948. The van der Waals surface area contributed by atoms with E-state index in [4.69, 9.17) is 13.9 Å². The van der Waals surface area contributed by atoms with Gasteiger partial charge in [-0.3, -0.25) is 4.79 Å². The Hall–Kier alpha value is -3.28. The van der Waals surface area contributed by atoms with Gasteiger partial charge in [0, 0.05) is 11.4 Å². The second-order valence-electron chi connectivity index (χ2n) is 6.46. The fourth-order valence-electron chi connectivity index (χ4n) is 2.69. The van der Waals surface area contributed by atoms with Gasteiger partial charge in [0.2, 0.25) is 5.76 Å². The van der Waals surface area contributed by atoms with Gasteiger partial charge in [-0.15, -0.1) is 0 Å². The Labute approximate surface area is 163 Å². The molecular weight excluding hydrogens is 358 g/mol. The Kier molecular flexibility index (Phi) is 6.32. The van der Waals surface area contributed by atoms with E-state index in [0.29, 0.717) is 16.9 Å². The molecule has 0 bridgehead atoms. The van der Waals surface area contributed by atoms with Crippen molar-refractivity contribution in [2.24, 2.45) is 0 Å². The number of amides is 1. The van der Waals surface area contributed by atoms with E-state index in [-0.39, 0.29) is 30.9 Å². The van der Waals surface area contributed by atoms with Crippen molar-refractivity contribution >= 4 is 22.8 Å². The molecule has 0 aliphatic rings. The fraction of sp³-hybridized carbons (Fsp3) is 0.273. The molecule has 0 aliphatic heterocycles. The van der Waals surface area contributed by atoms with E-state index in [2.05, 4.69) is 5.32 Å². The van der Waals surface area contributed by atoms with E-state index in [0.717, 1.165) is 11.8 Å². The summed E-state index contributed by atoms with van der Waals surface area (Å²) < 4.78 is 16.6. The summed E-state index contributed by atoms with van der Waals surface area (Å²) in [7, 11) is 0. The summed E-state index contributed by atoms with van der Waals surface area (Å²) in [5.41, 5.74) is 1.15. The SMILES string of the molecule is CCC(C)NC(=O)COC(=O)c1oc2ccccc2c1COc1ccccc1. The molecule has 1 heterocycles. The van der Waals surface area contributed by atoms with Gasteiger partial charge in [0.25, 0.3) is 5.91 Å². The Morgan fingerprint density at radius 3 is 2.54 bits per heavy atom. The number of hydrogen-bond donors (Lipinski definition) is 1. The average Bonchev–Trinajstić information content (AvgIpc) is 3.10. The van der Waals surface area contributed by atoms with Gasteiger partial charge in [-0.1, -0.05) is 43.3 Å². The Morgan fingerprint density at radius 1 is 1.07 bits per heavy atom. The molecule has 0 fully saturated rings. The summed E-state index contributed by atoms with van der Waals surface area (Å²) in [6.07, 6.45) is 0.796. The Balaban J connectivity index is 1.76. The maximum Gasteiger partial charge on any atom is 0.375 e. The molecule has 0 aliphatic carbocycles. The number of furan rings is 1. The molecule has 1 amide bonds. The van der Waals surface area contributed by atoms with Crippen LogP contribution in [0.25, 0.3) is 11.0 Å². The molecular formula is C22H23NO5. The van der Waals surface area contributed by atoms with E-state index >= 15 is 0 Å². The van der Waals surface area contributed by atoms with Gasteiger partial charge in [-0.25, -0.2) is 4.79 Å². The second kappa shape index (κ2) is 9.08. The van der Waals surface area contributed by atoms with Crippen LogP contribution in [0.15, 0.2) is 59.0 Å². The minimum absolute atomic E-state index is 0.0206. The van der Waals surface area contributed by atoms with Crippen molar-refractivity contribution in [2.45, 2.75) is 32.9 Å². The van der Waals surface area contributed by atoms with Gasteiger partial charge in [0.1, 0.15) is 17.9 Å². The summed E-state index contributed by atoms with van der Waals surface area (Å²) in [6, 6.07) is 16.6. The number of nitrogens with one attached hydrogen (secondary N) is 1. The van der Waals surface area contributed by atoms with Crippen molar-refractivity contribution in [3.8, 4) is 5.75 Å². The number of esters is 1. The van der Waals surface area contributed by atoms with E-state index in [1.54, 1.807) is 6.07 Å². The van der Waals surface area contributed by atoms with Crippen LogP contribution in [0.1, 0.15) is 36.4 Å². The molecule has 1 aromatic heterocycles. The molecule has 0 radical (unpaired) electrons. The van der Waals surface area contributed by atoms with Gasteiger partial charge in [0.05, 0.1) is 5.56 Å². The average molecular weight is 381 g/mol. The number of fused-ring (bicyclic) bond motifs is 1. The minimum Gasteiger partial charge on any atom is -0.489 e. The van der Waals surface area contributed by atoms with Crippen LogP contribution in [0.2, 0.25) is 0 Å². The second-order valence-corrected chi connectivity index (χ2v) is 6.46. The molecule has 0 saturated heterocycles. The first kappa shape index (κ1) is 19.5. The third-order valence-electron chi connectivity index (χ3n) is 4.36. The molecule has 1 N–H and O–H groups in total. The van der Waals surface area contributed by atoms with Crippen LogP contribution in [0, 0.1) is 0 Å². The van der Waals surface area contributed by atoms with E-state index in [1.165, 1.54) is 0 Å². The van der Waals surface area contributed by atoms with Crippen LogP contribution in [-0.2, 0) is 16.1 Å². The number of carbonyl (C=O) groups is 2. The van der Waals surface area contributed by atoms with Crippen molar-refractivity contribution in [3.05, 3.63) is 65.9 Å². The van der Waals surface area contributed by atoms with Crippen LogP contribution >= 0.6 is 0 Å². The normalized spacial score (nSPS) is 11.8. The minimum atomic E-state index is -0.692. The topological polar surface area (TPSA) is 77.8 Å². The van der Waals surface area contributed by atoms with Crippen molar-refractivity contribution in [2.75, 3.05) is 6.61 Å². The fourth-order valence-corrected chi connectivity index (χ4v) is 2.69. The lowest BCUT2D eigenvalue weighted by molar-refractivity contribution is -0.124. The summed E-state index contributed by atoms with van der Waals surface area (Å²) >= 11 is 0. The lowest BCUT2D eigenvalue weighted by Gasteiger charge is -2.11. The number of carbonyl (C=O) groups excluding carboxylic acids is 2. The summed E-state index contributed by atoms with van der Waals surface area (Å²) in [5, 5.41) is 3.53. The monoisotopic (exact) mass is 381 g/mol. The smallest absolute Gasteiger partial charge is 0.375 e. The van der Waals surface area contributed by atoms with Crippen molar-refractivity contribution in [1.29, 1.82) is 0 Å². The highest BCUT2D eigenvalue weighted by molar-refractivity contribution is 5.96. The van der Waals surface area contributed by atoms with Crippen LogP contribution in [0.4, 0.5) is 0 Å². The molecule has 2 aromatic carbocycles. The number of benzene rings is 2. The van der Waals surface area contributed by atoms with Crippen molar-refractivity contribution in [1.82, 2.24) is 5.32 Å². The number of hydrogen-bond acceptors (Lipinski definition) is 5. The lowest BCUT2D eigenvalue weighted by atomic mass is 10.1. The van der Waals surface area contributed by atoms with Gasteiger partial charge >= 0.3 is 5.97 Å². The molecule has 146 valence electrons. The first-order valence-electron chi connectivity index (χ1n) is 9.23. The van der Waals surface area contributed by atoms with Crippen molar-refractivity contribution < 1.29 is 23.5 Å². The lowest BCUT2D eigenvalue weighted by Crippen LogP contribution is -2.35. The highest BCUT2D eigenvalue weighted by Crippen LogP contribution is 2.28. The largest absolute Gasteiger partial charge is 0.489 e. The van der Waals surface area contributed by atoms with Gasteiger partial charge in [-0.2, -0.15) is 0 Å². The first-order chi connectivity index (χ1) is 13.6. The molecule has 28 heavy (non-hydrogen) atoms. The molecule has 1 unspecified atom stereocenters.